The molecule has 0 unspecified atom stereocenters. The SMILES string of the molecule is C=CCOc1ccc([C@H]2/C(=C(\O)c3ccc4c(c3)C[C@@H](C)O4)C(=O)C(=O)N2Cc2cccnc2)cc1OCC. The molecule has 0 saturated carbocycles. The van der Waals surface area contributed by atoms with E-state index in [1.165, 1.54) is 4.90 Å². The number of nitrogens with zero attached hydrogens (tertiary/aromatic N) is 2. The molecule has 2 aliphatic rings. The van der Waals surface area contributed by atoms with E-state index in [2.05, 4.69) is 11.6 Å². The zero-order valence-electron chi connectivity index (χ0n) is 21.9. The molecule has 1 saturated heterocycles. The second-order valence-electron chi connectivity index (χ2n) is 9.48. The molecule has 8 nitrogen and oxygen atoms in total. The van der Waals surface area contributed by atoms with Crippen LogP contribution in [0.2, 0.25) is 0 Å². The van der Waals surface area contributed by atoms with Crippen molar-refractivity contribution in [3.8, 4) is 17.2 Å². The zero-order valence-corrected chi connectivity index (χ0v) is 21.9. The molecule has 3 aromatic rings. The van der Waals surface area contributed by atoms with Crippen molar-refractivity contribution in [2.75, 3.05) is 13.2 Å². The number of fused-ring (bicyclic) bond motifs is 1. The molecule has 200 valence electrons. The number of hydrogen-bond donors (Lipinski definition) is 1. The van der Waals surface area contributed by atoms with Crippen LogP contribution in [-0.4, -0.2) is 46.0 Å². The Labute approximate surface area is 227 Å². The molecule has 1 amide bonds. The minimum Gasteiger partial charge on any atom is -0.507 e. The smallest absolute Gasteiger partial charge is 0.295 e. The lowest BCUT2D eigenvalue weighted by Gasteiger charge is -2.26. The van der Waals surface area contributed by atoms with Crippen LogP contribution in [0.4, 0.5) is 0 Å². The van der Waals surface area contributed by atoms with Crippen LogP contribution < -0.4 is 14.2 Å². The highest BCUT2D eigenvalue weighted by Crippen LogP contribution is 2.43. The number of amides is 1. The monoisotopic (exact) mass is 526 g/mol. The van der Waals surface area contributed by atoms with E-state index in [0.29, 0.717) is 42.3 Å². The number of aromatic nitrogens is 1. The number of ether oxygens (including phenoxy) is 3. The Balaban J connectivity index is 1.64. The number of aliphatic hydroxyl groups is 1. The maximum Gasteiger partial charge on any atom is 0.295 e. The van der Waals surface area contributed by atoms with E-state index >= 15 is 0 Å². The summed E-state index contributed by atoms with van der Waals surface area (Å²) in [6, 6.07) is 13.3. The van der Waals surface area contributed by atoms with Crippen molar-refractivity contribution in [2.24, 2.45) is 0 Å². The molecule has 39 heavy (non-hydrogen) atoms. The Morgan fingerprint density at radius 2 is 2.03 bits per heavy atom. The molecule has 2 aromatic carbocycles. The number of carbonyl (C=O) groups is 2. The fraction of sp³-hybridized carbons (Fsp3) is 0.258. The third-order valence-electron chi connectivity index (χ3n) is 6.73. The highest BCUT2D eigenvalue weighted by molar-refractivity contribution is 6.46. The molecule has 1 fully saturated rings. The van der Waals surface area contributed by atoms with Gasteiger partial charge in [0.25, 0.3) is 11.7 Å². The number of ketones is 1. The quantitative estimate of drug-likeness (QED) is 0.182. The standard InChI is InChI=1S/C31H30N2O6/c1-4-13-38-25-11-8-21(16-26(25)37-5-2)28-27(29(34)22-9-10-24-23(15-22)14-19(3)39-24)30(35)31(36)33(28)18-20-7-6-12-32-17-20/h4,6-12,15-17,19,28,34H,1,5,13-14,18H2,2-3H3/b29-27+/t19-,28+/m1/s1. The summed E-state index contributed by atoms with van der Waals surface area (Å²) in [5, 5.41) is 11.5. The third kappa shape index (κ3) is 5.10. The van der Waals surface area contributed by atoms with E-state index < -0.39 is 17.7 Å². The minimum atomic E-state index is -0.860. The summed E-state index contributed by atoms with van der Waals surface area (Å²) in [6.07, 6.45) is 5.65. The maximum atomic E-state index is 13.5. The van der Waals surface area contributed by atoms with Crippen LogP contribution in [0, 0.1) is 0 Å². The highest BCUT2D eigenvalue weighted by Gasteiger charge is 2.46. The number of Topliss-reactive ketones (excluding diaryl/α,β-unsaturated/α-hetero) is 1. The number of benzene rings is 2. The summed E-state index contributed by atoms with van der Waals surface area (Å²) in [4.78, 5) is 32.5. The van der Waals surface area contributed by atoms with Crippen LogP contribution in [-0.2, 0) is 22.6 Å². The van der Waals surface area contributed by atoms with Crippen LogP contribution in [0.3, 0.4) is 0 Å². The summed E-state index contributed by atoms with van der Waals surface area (Å²) < 4.78 is 17.4. The molecular weight excluding hydrogens is 496 g/mol. The molecule has 8 heteroatoms. The lowest BCUT2D eigenvalue weighted by atomic mass is 9.94. The van der Waals surface area contributed by atoms with Gasteiger partial charge < -0.3 is 24.2 Å². The van der Waals surface area contributed by atoms with Crippen LogP contribution in [0.5, 0.6) is 17.2 Å². The summed E-state index contributed by atoms with van der Waals surface area (Å²) in [6.45, 7) is 8.33. The molecule has 0 bridgehead atoms. The van der Waals surface area contributed by atoms with E-state index in [1.54, 1.807) is 54.9 Å². The van der Waals surface area contributed by atoms with Crippen molar-refractivity contribution >= 4 is 17.4 Å². The van der Waals surface area contributed by atoms with Gasteiger partial charge in [0.15, 0.2) is 11.5 Å². The van der Waals surface area contributed by atoms with Crippen LogP contribution in [0.15, 0.2) is 79.2 Å². The van der Waals surface area contributed by atoms with Crippen molar-refractivity contribution in [2.45, 2.75) is 39.0 Å². The summed E-state index contributed by atoms with van der Waals surface area (Å²) in [5.41, 5.74) is 2.76. The summed E-state index contributed by atoms with van der Waals surface area (Å²) in [5.74, 6) is 0.0401. The lowest BCUT2D eigenvalue weighted by molar-refractivity contribution is -0.140. The largest absolute Gasteiger partial charge is 0.507 e. The summed E-state index contributed by atoms with van der Waals surface area (Å²) >= 11 is 0. The second-order valence-corrected chi connectivity index (χ2v) is 9.48. The second kappa shape index (κ2) is 11.0. The first-order valence-corrected chi connectivity index (χ1v) is 12.9. The first-order chi connectivity index (χ1) is 18.9. The maximum absolute atomic E-state index is 13.5. The third-order valence-corrected chi connectivity index (χ3v) is 6.73. The van der Waals surface area contributed by atoms with Gasteiger partial charge in [0.05, 0.1) is 18.2 Å². The molecule has 3 heterocycles. The van der Waals surface area contributed by atoms with E-state index in [0.717, 1.165) is 16.9 Å². The normalized spacial score (nSPS) is 19.5. The number of pyridine rings is 1. The Morgan fingerprint density at radius 1 is 1.18 bits per heavy atom. The predicted molar refractivity (Wildman–Crippen MR) is 146 cm³/mol. The Morgan fingerprint density at radius 3 is 2.77 bits per heavy atom. The van der Waals surface area contributed by atoms with Crippen molar-refractivity contribution in [3.05, 3.63) is 101 Å². The molecule has 5 rings (SSSR count). The molecule has 1 N–H and O–H groups in total. The van der Waals surface area contributed by atoms with Gasteiger partial charge in [-0.1, -0.05) is 24.8 Å². The van der Waals surface area contributed by atoms with Crippen molar-refractivity contribution in [1.82, 2.24) is 9.88 Å². The van der Waals surface area contributed by atoms with E-state index in [4.69, 9.17) is 14.2 Å². The van der Waals surface area contributed by atoms with Gasteiger partial charge in [-0.05, 0) is 66.9 Å². The average Bonchev–Trinajstić information content (AvgIpc) is 3.43. The molecule has 0 radical (unpaired) electrons. The molecule has 2 aliphatic heterocycles. The molecule has 0 spiro atoms. The molecular formula is C31H30N2O6. The van der Waals surface area contributed by atoms with Gasteiger partial charge in [0.2, 0.25) is 0 Å². The number of carbonyl (C=O) groups excluding carboxylic acids is 2. The number of likely N-dealkylation sites (tertiary alicyclic amines) is 1. The van der Waals surface area contributed by atoms with Crippen molar-refractivity contribution < 1.29 is 28.9 Å². The Kier molecular flexibility index (Phi) is 7.36. The first kappa shape index (κ1) is 26.0. The van der Waals surface area contributed by atoms with Gasteiger partial charge in [0, 0.05) is 30.9 Å². The van der Waals surface area contributed by atoms with E-state index in [1.807, 2.05) is 26.0 Å². The average molecular weight is 527 g/mol. The number of hydrogen-bond acceptors (Lipinski definition) is 7. The van der Waals surface area contributed by atoms with Crippen LogP contribution >= 0.6 is 0 Å². The number of rotatable bonds is 9. The minimum absolute atomic E-state index is 0.0120. The fourth-order valence-electron chi connectivity index (χ4n) is 5.03. The van der Waals surface area contributed by atoms with E-state index in [-0.39, 0.29) is 24.0 Å². The fourth-order valence-corrected chi connectivity index (χ4v) is 5.03. The Hall–Kier alpha value is -4.59. The highest BCUT2D eigenvalue weighted by atomic mass is 16.5. The lowest BCUT2D eigenvalue weighted by Crippen LogP contribution is -2.29. The first-order valence-electron chi connectivity index (χ1n) is 12.9. The summed E-state index contributed by atoms with van der Waals surface area (Å²) in [7, 11) is 0. The molecule has 0 aliphatic carbocycles. The van der Waals surface area contributed by atoms with E-state index in [9.17, 15) is 14.7 Å². The topological polar surface area (TPSA) is 98.2 Å². The number of aliphatic hydroxyl groups excluding tert-OH is 1. The Bertz CT molecular complexity index is 1450. The van der Waals surface area contributed by atoms with Crippen LogP contribution in [0.1, 0.15) is 42.1 Å². The van der Waals surface area contributed by atoms with Crippen molar-refractivity contribution in [1.29, 1.82) is 0 Å². The van der Waals surface area contributed by atoms with Crippen LogP contribution in [0.25, 0.3) is 5.76 Å². The molecule has 1 aromatic heterocycles. The van der Waals surface area contributed by atoms with Crippen molar-refractivity contribution in [3.63, 3.8) is 0 Å². The van der Waals surface area contributed by atoms with Gasteiger partial charge in [-0.15, -0.1) is 0 Å². The van der Waals surface area contributed by atoms with Gasteiger partial charge >= 0.3 is 0 Å². The van der Waals surface area contributed by atoms with Gasteiger partial charge in [-0.25, -0.2) is 0 Å². The predicted octanol–water partition coefficient (Wildman–Crippen LogP) is 4.99. The van der Waals surface area contributed by atoms with Gasteiger partial charge in [-0.2, -0.15) is 0 Å². The van der Waals surface area contributed by atoms with Gasteiger partial charge in [-0.3, -0.25) is 14.6 Å². The van der Waals surface area contributed by atoms with Gasteiger partial charge in [0.1, 0.15) is 24.2 Å². The molecule has 2 atom stereocenters. The zero-order chi connectivity index (χ0) is 27.5.